The number of benzene rings is 2. The molecule has 0 atom stereocenters. The molecule has 0 aliphatic heterocycles. The summed E-state index contributed by atoms with van der Waals surface area (Å²) in [7, 11) is 0. The summed E-state index contributed by atoms with van der Waals surface area (Å²) < 4.78 is 0. The highest BCUT2D eigenvalue weighted by atomic mass is 16.1. The molecule has 0 bridgehead atoms. The summed E-state index contributed by atoms with van der Waals surface area (Å²) >= 11 is 0. The van der Waals surface area contributed by atoms with E-state index in [0.29, 0.717) is 0 Å². The fourth-order valence-corrected chi connectivity index (χ4v) is 1.88. The summed E-state index contributed by atoms with van der Waals surface area (Å²) in [5.41, 5.74) is 4.39. The maximum atomic E-state index is 10.7. The largest absolute Gasteiger partial charge is 0.298 e. The van der Waals surface area contributed by atoms with Gasteiger partial charge in [0.2, 0.25) is 0 Å². The minimum atomic E-state index is 0.747. The van der Waals surface area contributed by atoms with Crippen LogP contribution in [0.5, 0.6) is 0 Å². The zero-order valence-electron chi connectivity index (χ0n) is 9.31. The second kappa shape index (κ2) is 4.75. The third-order valence-electron chi connectivity index (χ3n) is 2.73. The molecule has 2 rings (SSSR count). The van der Waals surface area contributed by atoms with Gasteiger partial charge >= 0.3 is 0 Å². The Hall–Kier alpha value is -1.89. The Balaban J connectivity index is 2.53. The maximum absolute atomic E-state index is 10.7. The van der Waals surface area contributed by atoms with Crippen molar-refractivity contribution in [1.82, 2.24) is 0 Å². The van der Waals surface area contributed by atoms with Crippen molar-refractivity contribution in [1.29, 1.82) is 0 Å². The van der Waals surface area contributed by atoms with Gasteiger partial charge in [0.15, 0.2) is 0 Å². The zero-order chi connectivity index (χ0) is 11.4. The lowest BCUT2D eigenvalue weighted by Crippen LogP contribution is -1.90. The summed E-state index contributed by atoms with van der Waals surface area (Å²) in [5.74, 6) is 0. The van der Waals surface area contributed by atoms with E-state index in [0.717, 1.165) is 18.3 Å². The van der Waals surface area contributed by atoms with E-state index in [2.05, 4.69) is 19.1 Å². The van der Waals surface area contributed by atoms with Crippen LogP contribution in [-0.2, 0) is 6.42 Å². The smallest absolute Gasteiger partial charge is 0.150 e. The zero-order valence-corrected chi connectivity index (χ0v) is 9.31. The molecule has 0 fully saturated rings. The van der Waals surface area contributed by atoms with Crippen molar-refractivity contribution in [3.63, 3.8) is 0 Å². The van der Waals surface area contributed by atoms with Gasteiger partial charge in [0.1, 0.15) is 6.29 Å². The average molecular weight is 210 g/mol. The van der Waals surface area contributed by atoms with Gasteiger partial charge in [-0.3, -0.25) is 4.79 Å². The first-order chi connectivity index (χ1) is 7.85. The quantitative estimate of drug-likeness (QED) is 0.705. The third kappa shape index (κ3) is 2.03. The van der Waals surface area contributed by atoms with Crippen LogP contribution in [0.1, 0.15) is 22.8 Å². The van der Waals surface area contributed by atoms with E-state index >= 15 is 0 Å². The summed E-state index contributed by atoms with van der Waals surface area (Å²) in [6, 6.07) is 16.1. The summed E-state index contributed by atoms with van der Waals surface area (Å²) in [6.45, 7) is 2.11. The Morgan fingerprint density at radius 3 is 2.44 bits per heavy atom. The molecule has 0 unspecified atom stereocenters. The van der Waals surface area contributed by atoms with Crippen molar-refractivity contribution in [2.24, 2.45) is 0 Å². The van der Waals surface area contributed by atoms with Crippen molar-refractivity contribution in [3.8, 4) is 11.1 Å². The van der Waals surface area contributed by atoms with Gasteiger partial charge in [-0.05, 0) is 29.2 Å². The van der Waals surface area contributed by atoms with Crippen molar-refractivity contribution in [2.75, 3.05) is 0 Å². The monoisotopic (exact) mass is 210 g/mol. The van der Waals surface area contributed by atoms with Crippen LogP contribution in [0.25, 0.3) is 11.1 Å². The topological polar surface area (TPSA) is 17.1 Å². The second-order valence-electron chi connectivity index (χ2n) is 3.75. The van der Waals surface area contributed by atoms with Crippen LogP contribution in [-0.4, -0.2) is 6.29 Å². The molecule has 16 heavy (non-hydrogen) atoms. The fourth-order valence-electron chi connectivity index (χ4n) is 1.88. The van der Waals surface area contributed by atoms with Gasteiger partial charge in [-0.25, -0.2) is 0 Å². The third-order valence-corrected chi connectivity index (χ3v) is 2.73. The molecule has 1 heteroatoms. The number of hydrogen-bond donors (Lipinski definition) is 0. The van der Waals surface area contributed by atoms with Gasteiger partial charge in [0.25, 0.3) is 0 Å². The highest BCUT2D eigenvalue weighted by Crippen LogP contribution is 2.24. The van der Waals surface area contributed by atoms with E-state index < -0.39 is 0 Å². The first-order valence-corrected chi connectivity index (χ1v) is 5.48. The Labute approximate surface area is 95.7 Å². The van der Waals surface area contributed by atoms with Gasteiger partial charge in [-0.1, -0.05) is 49.4 Å². The molecule has 0 aliphatic carbocycles. The number of aldehydes is 1. The van der Waals surface area contributed by atoms with Crippen LogP contribution in [0.2, 0.25) is 0 Å². The molecule has 0 amide bonds. The first-order valence-electron chi connectivity index (χ1n) is 5.48. The predicted molar refractivity (Wildman–Crippen MR) is 66.6 cm³/mol. The number of carbonyl (C=O) groups excluding carboxylic acids is 1. The lowest BCUT2D eigenvalue weighted by molar-refractivity contribution is 0.112. The molecule has 2 aromatic rings. The fraction of sp³-hybridized carbons (Fsp3) is 0.133. The van der Waals surface area contributed by atoms with Crippen LogP contribution in [0.15, 0.2) is 48.5 Å². The minimum absolute atomic E-state index is 0.747. The Morgan fingerprint density at radius 2 is 1.81 bits per heavy atom. The molecule has 0 heterocycles. The molecule has 0 aromatic heterocycles. The van der Waals surface area contributed by atoms with Crippen molar-refractivity contribution in [3.05, 3.63) is 59.7 Å². The molecule has 0 N–H and O–H groups in total. The molecular weight excluding hydrogens is 196 g/mol. The molecule has 0 aliphatic rings. The molecule has 0 radical (unpaired) electrons. The van der Waals surface area contributed by atoms with Gasteiger partial charge in [0, 0.05) is 5.56 Å². The Kier molecular flexibility index (Phi) is 3.16. The van der Waals surface area contributed by atoms with Crippen LogP contribution >= 0.6 is 0 Å². The van der Waals surface area contributed by atoms with Crippen LogP contribution < -0.4 is 0 Å². The normalized spacial score (nSPS) is 10.1. The van der Waals surface area contributed by atoms with Crippen molar-refractivity contribution in [2.45, 2.75) is 13.3 Å². The summed E-state index contributed by atoms with van der Waals surface area (Å²) in [4.78, 5) is 10.7. The maximum Gasteiger partial charge on any atom is 0.150 e. The Morgan fingerprint density at radius 1 is 1.06 bits per heavy atom. The lowest BCUT2D eigenvalue weighted by Gasteiger charge is -2.08. The molecule has 80 valence electrons. The van der Waals surface area contributed by atoms with Crippen molar-refractivity contribution < 1.29 is 4.79 Å². The molecule has 0 spiro atoms. The molecule has 2 aromatic carbocycles. The average Bonchev–Trinajstić information content (AvgIpc) is 2.39. The van der Waals surface area contributed by atoms with Gasteiger partial charge in [0.05, 0.1) is 0 Å². The minimum Gasteiger partial charge on any atom is -0.298 e. The first kappa shape index (κ1) is 10.6. The molecule has 0 saturated carbocycles. The number of rotatable bonds is 3. The van der Waals surface area contributed by atoms with E-state index in [1.165, 1.54) is 16.7 Å². The van der Waals surface area contributed by atoms with E-state index in [9.17, 15) is 4.79 Å². The van der Waals surface area contributed by atoms with E-state index in [1.54, 1.807) is 0 Å². The molecular formula is C15H14O. The second-order valence-corrected chi connectivity index (χ2v) is 3.75. The van der Waals surface area contributed by atoms with Crippen LogP contribution in [0.3, 0.4) is 0 Å². The van der Waals surface area contributed by atoms with Crippen LogP contribution in [0.4, 0.5) is 0 Å². The highest BCUT2D eigenvalue weighted by Gasteiger charge is 2.04. The number of aryl methyl sites for hydroxylation is 1. The van der Waals surface area contributed by atoms with Crippen molar-refractivity contribution >= 4 is 6.29 Å². The predicted octanol–water partition coefficient (Wildman–Crippen LogP) is 3.73. The van der Waals surface area contributed by atoms with E-state index in [-0.39, 0.29) is 0 Å². The number of hydrogen-bond acceptors (Lipinski definition) is 1. The van der Waals surface area contributed by atoms with E-state index in [4.69, 9.17) is 0 Å². The van der Waals surface area contributed by atoms with Gasteiger partial charge in [-0.2, -0.15) is 0 Å². The van der Waals surface area contributed by atoms with Gasteiger partial charge in [-0.15, -0.1) is 0 Å². The molecule has 0 saturated heterocycles. The standard InChI is InChI=1S/C15H14O/c1-2-13-10-12(11-16)8-9-15(13)14-6-4-3-5-7-14/h3-11H,2H2,1H3. The van der Waals surface area contributed by atoms with Gasteiger partial charge < -0.3 is 0 Å². The SMILES string of the molecule is CCc1cc(C=O)ccc1-c1ccccc1. The van der Waals surface area contributed by atoms with Crippen LogP contribution in [0, 0.1) is 0 Å². The highest BCUT2D eigenvalue weighted by molar-refractivity contribution is 5.78. The summed E-state index contributed by atoms with van der Waals surface area (Å²) in [6.07, 6.45) is 1.83. The summed E-state index contributed by atoms with van der Waals surface area (Å²) in [5, 5.41) is 0. The lowest BCUT2D eigenvalue weighted by atomic mass is 9.96. The Bertz CT molecular complexity index is 486. The van der Waals surface area contributed by atoms with E-state index in [1.807, 2.05) is 36.4 Å². The number of carbonyl (C=O) groups is 1. The molecule has 1 nitrogen and oxygen atoms in total.